The van der Waals surface area contributed by atoms with Crippen LogP contribution in [0, 0.1) is 0 Å². The first kappa shape index (κ1) is 17.7. The fourth-order valence-corrected chi connectivity index (χ4v) is 1.69. The molecule has 0 heterocycles. The number of carboxylic acid groups (broad SMARTS) is 1. The van der Waals surface area contributed by atoms with Crippen molar-refractivity contribution in [2.75, 3.05) is 13.2 Å². The van der Waals surface area contributed by atoms with Gasteiger partial charge in [0.05, 0.1) is 0 Å². The van der Waals surface area contributed by atoms with Crippen LogP contribution in [0.1, 0.15) is 46.5 Å². The summed E-state index contributed by atoms with van der Waals surface area (Å²) in [7, 11) is 0. The number of nitrogens with one attached hydrogen (secondary N) is 1. The summed E-state index contributed by atoms with van der Waals surface area (Å²) in [6.07, 6.45) is 2.69. The van der Waals surface area contributed by atoms with Crippen molar-refractivity contribution in [1.29, 1.82) is 0 Å². The summed E-state index contributed by atoms with van der Waals surface area (Å²) in [6, 6.07) is -1.34. The molecule has 6 heteroatoms. The smallest absolute Gasteiger partial charge is 0.326 e. The molecule has 2 amide bonds. The highest BCUT2D eigenvalue weighted by Crippen LogP contribution is 2.07. The van der Waals surface area contributed by atoms with Crippen LogP contribution < -0.4 is 5.32 Å². The van der Waals surface area contributed by atoms with Crippen molar-refractivity contribution in [3.8, 4) is 0 Å². The van der Waals surface area contributed by atoms with E-state index in [1.54, 1.807) is 4.90 Å². The third kappa shape index (κ3) is 6.42. The van der Waals surface area contributed by atoms with Crippen molar-refractivity contribution in [2.24, 2.45) is 0 Å². The van der Waals surface area contributed by atoms with Crippen LogP contribution in [0.4, 0.5) is 4.79 Å². The largest absolute Gasteiger partial charge is 0.480 e. The molecule has 0 aliphatic rings. The Morgan fingerprint density at radius 3 is 2.37 bits per heavy atom. The second-order valence-corrected chi connectivity index (χ2v) is 4.66. The number of aliphatic hydroxyl groups excluding tert-OH is 1. The molecular weight excluding hydrogens is 248 g/mol. The van der Waals surface area contributed by atoms with Gasteiger partial charge in [0.25, 0.3) is 0 Å². The van der Waals surface area contributed by atoms with E-state index in [1.165, 1.54) is 0 Å². The first-order chi connectivity index (χ1) is 8.97. The van der Waals surface area contributed by atoms with Gasteiger partial charge in [-0.2, -0.15) is 0 Å². The van der Waals surface area contributed by atoms with Crippen LogP contribution in [0.3, 0.4) is 0 Å². The van der Waals surface area contributed by atoms with Gasteiger partial charge in [-0.15, -0.1) is 0 Å². The summed E-state index contributed by atoms with van der Waals surface area (Å²) >= 11 is 0. The molecule has 0 saturated heterocycles. The van der Waals surface area contributed by atoms with Gasteiger partial charge < -0.3 is 20.4 Å². The Kier molecular flexibility index (Phi) is 8.95. The quantitative estimate of drug-likeness (QED) is 0.593. The molecule has 0 aliphatic heterocycles. The van der Waals surface area contributed by atoms with E-state index >= 15 is 0 Å². The maximum atomic E-state index is 12.1. The number of carbonyl (C=O) groups is 2. The monoisotopic (exact) mass is 274 g/mol. The van der Waals surface area contributed by atoms with Gasteiger partial charge in [-0.1, -0.05) is 20.3 Å². The lowest BCUT2D eigenvalue weighted by atomic mass is 10.2. The fourth-order valence-electron chi connectivity index (χ4n) is 1.69. The average Bonchev–Trinajstić information content (AvgIpc) is 2.38. The minimum atomic E-state index is -1.12. The molecule has 0 radical (unpaired) electrons. The number of carbonyl (C=O) groups excluding carboxylic acids is 1. The van der Waals surface area contributed by atoms with Crippen molar-refractivity contribution in [3.05, 3.63) is 0 Å². The van der Waals surface area contributed by atoms with Crippen LogP contribution in [0.2, 0.25) is 0 Å². The minimum absolute atomic E-state index is 0.0171. The summed E-state index contributed by atoms with van der Waals surface area (Å²) in [4.78, 5) is 24.7. The molecule has 6 nitrogen and oxygen atoms in total. The Morgan fingerprint density at radius 1 is 1.32 bits per heavy atom. The molecule has 0 saturated carbocycles. The van der Waals surface area contributed by atoms with Gasteiger partial charge in [-0.3, -0.25) is 0 Å². The van der Waals surface area contributed by atoms with E-state index in [1.807, 2.05) is 20.8 Å². The Bertz CT molecular complexity index is 284. The van der Waals surface area contributed by atoms with Crippen LogP contribution in [0.5, 0.6) is 0 Å². The molecule has 1 unspecified atom stereocenters. The number of aliphatic hydroxyl groups is 1. The maximum Gasteiger partial charge on any atom is 0.326 e. The van der Waals surface area contributed by atoms with Gasteiger partial charge in [0, 0.05) is 25.6 Å². The van der Waals surface area contributed by atoms with E-state index < -0.39 is 12.0 Å². The van der Waals surface area contributed by atoms with Crippen LogP contribution in [-0.2, 0) is 4.79 Å². The predicted octanol–water partition coefficient (Wildman–Crippen LogP) is 1.43. The Labute approximate surface area is 114 Å². The van der Waals surface area contributed by atoms with Gasteiger partial charge in [-0.05, 0) is 19.8 Å². The first-order valence-corrected chi connectivity index (χ1v) is 6.88. The van der Waals surface area contributed by atoms with Gasteiger partial charge in [-0.25, -0.2) is 9.59 Å². The lowest BCUT2D eigenvalue weighted by molar-refractivity contribution is -0.139. The molecular formula is C13H26N2O4. The van der Waals surface area contributed by atoms with Crippen LogP contribution in [-0.4, -0.2) is 52.3 Å². The molecule has 112 valence electrons. The molecule has 0 aromatic carbocycles. The Hall–Kier alpha value is -1.30. The van der Waals surface area contributed by atoms with E-state index in [0.29, 0.717) is 6.54 Å². The molecule has 0 aromatic heterocycles. The van der Waals surface area contributed by atoms with E-state index in [4.69, 9.17) is 10.2 Å². The number of nitrogens with zero attached hydrogens (tertiary/aromatic N) is 1. The molecule has 0 rings (SSSR count). The van der Waals surface area contributed by atoms with Gasteiger partial charge >= 0.3 is 12.0 Å². The van der Waals surface area contributed by atoms with Crippen molar-refractivity contribution in [3.63, 3.8) is 0 Å². The van der Waals surface area contributed by atoms with Crippen LogP contribution >= 0.6 is 0 Å². The predicted molar refractivity (Wildman–Crippen MR) is 73.0 cm³/mol. The molecule has 19 heavy (non-hydrogen) atoms. The standard InChI is InChI=1S/C13H26N2O4/c1-4-6-8-15(10(3)5-2)13(19)14-11(7-9-16)12(17)18/h10-11,16H,4-9H2,1-3H3,(H,14,19)(H,17,18)/t10?,11-/m1/s1. The Morgan fingerprint density at radius 2 is 1.95 bits per heavy atom. The Balaban J connectivity index is 4.63. The summed E-state index contributed by atoms with van der Waals surface area (Å²) in [6.45, 7) is 6.31. The zero-order valence-corrected chi connectivity index (χ0v) is 12.1. The fraction of sp³-hybridized carbons (Fsp3) is 0.846. The van der Waals surface area contributed by atoms with Crippen LogP contribution in [0.15, 0.2) is 0 Å². The number of rotatable bonds is 9. The zero-order valence-electron chi connectivity index (χ0n) is 12.1. The number of carboxylic acids is 1. The van der Waals surface area contributed by atoms with Gasteiger partial charge in [0.1, 0.15) is 6.04 Å². The van der Waals surface area contributed by atoms with Crippen molar-refractivity contribution < 1.29 is 19.8 Å². The third-order valence-electron chi connectivity index (χ3n) is 3.15. The molecule has 3 N–H and O–H groups in total. The highest BCUT2D eigenvalue weighted by atomic mass is 16.4. The molecule has 2 atom stereocenters. The topological polar surface area (TPSA) is 89.9 Å². The number of aliphatic carboxylic acids is 1. The molecule has 0 bridgehead atoms. The van der Waals surface area contributed by atoms with Crippen molar-refractivity contribution in [1.82, 2.24) is 10.2 Å². The molecule has 0 aromatic rings. The minimum Gasteiger partial charge on any atom is -0.480 e. The SMILES string of the molecule is CCCCN(C(=O)N[C@H](CCO)C(=O)O)C(C)CC. The number of amides is 2. The number of urea groups is 1. The summed E-state index contributed by atoms with van der Waals surface area (Å²) in [5, 5.41) is 20.2. The van der Waals surface area contributed by atoms with E-state index in [0.717, 1.165) is 19.3 Å². The second-order valence-electron chi connectivity index (χ2n) is 4.66. The zero-order chi connectivity index (χ0) is 14.8. The van der Waals surface area contributed by atoms with Crippen molar-refractivity contribution in [2.45, 2.75) is 58.5 Å². The highest BCUT2D eigenvalue weighted by molar-refractivity contribution is 5.82. The van der Waals surface area contributed by atoms with E-state index in [9.17, 15) is 9.59 Å². The van der Waals surface area contributed by atoms with Gasteiger partial charge in [0.15, 0.2) is 0 Å². The lowest BCUT2D eigenvalue weighted by Crippen LogP contribution is -2.51. The van der Waals surface area contributed by atoms with Crippen molar-refractivity contribution >= 4 is 12.0 Å². The number of hydrogen-bond donors (Lipinski definition) is 3. The number of unbranched alkanes of at least 4 members (excludes halogenated alkanes) is 1. The second kappa shape index (κ2) is 9.61. The third-order valence-corrected chi connectivity index (χ3v) is 3.15. The first-order valence-electron chi connectivity index (χ1n) is 6.88. The van der Waals surface area contributed by atoms with Gasteiger partial charge in [0.2, 0.25) is 0 Å². The average molecular weight is 274 g/mol. The maximum absolute atomic E-state index is 12.1. The summed E-state index contributed by atoms with van der Waals surface area (Å²) in [5.41, 5.74) is 0. The lowest BCUT2D eigenvalue weighted by Gasteiger charge is -2.30. The summed E-state index contributed by atoms with van der Waals surface area (Å²) in [5.74, 6) is -1.12. The molecule has 0 aliphatic carbocycles. The van der Waals surface area contributed by atoms with E-state index in [-0.39, 0.29) is 25.1 Å². The molecule has 0 spiro atoms. The summed E-state index contributed by atoms with van der Waals surface area (Å²) < 4.78 is 0. The number of hydrogen-bond acceptors (Lipinski definition) is 3. The highest BCUT2D eigenvalue weighted by Gasteiger charge is 2.24. The van der Waals surface area contributed by atoms with E-state index in [2.05, 4.69) is 5.32 Å². The normalized spacial score (nSPS) is 13.7. The van der Waals surface area contributed by atoms with Crippen LogP contribution in [0.25, 0.3) is 0 Å². The molecule has 0 fully saturated rings.